The van der Waals surface area contributed by atoms with Gasteiger partial charge in [-0.2, -0.15) is 0 Å². The molecule has 24 heavy (non-hydrogen) atoms. The van der Waals surface area contributed by atoms with Crippen molar-refractivity contribution in [1.82, 2.24) is 0 Å². The highest BCUT2D eigenvalue weighted by Gasteiger charge is 2.14. The second-order valence-corrected chi connectivity index (χ2v) is 7.19. The van der Waals surface area contributed by atoms with Crippen LogP contribution in [-0.2, 0) is 11.2 Å². The Balaban J connectivity index is 2.34. The normalized spacial score (nSPS) is 10.8. The molecule has 0 aliphatic carbocycles. The molecule has 0 fully saturated rings. The number of carbonyl (C=O) groups is 1. The summed E-state index contributed by atoms with van der Waals surface area (Å²) >= 11 is 8.38. The number of halogens is 2. The average Bonchev–Trinajstić information content (AvgIpc) is 2.50. The molecule has 0 saturated heterocycles. The Bertz CT molecular complexity index is 736. The molecule has 6 heteroatoms. The smallest absolute Gasteiger partial charge is 0.307 e. The monoisotopic (exact) mass is 460 g/mol. The molecule has 2 rings (SSSR count). The molecular weight excluding hydrogens is 443 g/mol. The maximum atomic E-state index is 10.8. The van der Waals surface area contributed by atoms with E-state index in [1.807, 2.05) is 18.2 Å². The van der Waals surface area contributed by atoms with Gasteiger partial charge in [0.25, 0.3) is 0 Å². The van der Waals surface area contributed by atoms with Crippen LogP contribution in [0.2, 0.25) is 5.02 Å². The van der Waals surface area contributed by atoms with Gasteiger partial charge in [-0.15, -0.1) is 0 Å². The van der Waals surface area contributed by atoms with Gasteiger partial charge in [0.2, 0.25) is 0 Å². The Morgan fingerprint density at radius 3 is 2.54 bits per heavy atom. The summed E-state index contributed by atoms with van der Waals surface area (Å²) in [6.45, 7) is 4.16. The van der Waals surface area contributed by atoms with Crippen LogP contribution in [0.3, 0.4) is 0 Å². The molecule has 0 atom stereocenters. The van der Waals surface area contributed by atoms with Gasteiger partial charge >= 0.3 is 5.97 Å². The minimum absolute atomic E-state index is 0.0734. The Kier molecular flexibility index (Phi) is 6.34. The molecule has 2 aromatic carbocycles. The average molecular weight is 461 g/mol. The SMILES string of the molecule is COc1ccc(Oc2c(Cl)cc(CC(=O)O)cc2I)cc1C(C)C. The number of hydrogen-bond acceptors (Lipinski definition) is 3. The summed E-state index contributed by atoms with van der Waals surface area (Å²) in [4.78, 5) is 10.8. The van der Waals surface area contributed by atoms with Crippen LogP contribution in [0.1, 0.15) is 30.9 Å². The molecule has 1 N–H and O–H groups in total. The fraction of sp³-hybridized carbons (Fsp3) is 0.278. The summed E-state index contributed by atoms with van der Waals surface area (Å²) < 4.78 is 12.1. The van der Waals surface area contributed by atoms with Crippen molar-refractivity contribution in [3.63, 3.8) is 0 Å². The molecule has 0 amide bonds. The lowest BCUT2D eigenvalue weighted by molar-refractivity contribution is -0.136. The predicted octanol–water partition coefficient (Wildman–Crippen LogP) is 5.50. The second-order valence-electron chi connectivity index (χ2n) is 5.62. The maximum Gasteiger partial charge on any atom is 0.307 e. The summed E-state index contributed by atoms with van der Waals surface area (Å²) in [5.41, 5.74) is 1.69. The van der Waals surface area contributed by atoms with Crippen molar-refractivity contribution < 1.29 is 19.4 Å². The van der Waals surface area contributed by atoms with Gasteiger partial charge < -0.3 is 14.6 Å². The van der Waals surface area contributed by atoms with E-state index in [9.17, 15) is 4.79 Å². The van der Waals surface area contributed by atoms with Crippen molar-refractivity contribution >= 4 is 40.2 Å². The van der Waals surface area contributed by atoms with Crippen LogP contribution < -0.4 is 9.47 Å². The molecule has 0 radical (unpaired) electrons. The highest BCUT2D eigenvalue weighted by atomic mass is 127. The molecule has 0 aliphatic heterocycles. The number of rotatable bonds is 6. The third-order valence-electron chi connectivity index (χ3n) is 3.46. The van der Waals surface area contributed by atoms with E-state index in [2.05, 4.69) is 36.4 Å². The fourth-order valence-electron chi connectivity index (χ4n) is 2.33. The first-order valence-electron chi connectivity index (χ1n) is 7.37. The molecule has 0 bridgehead atoms. The molecule has 0 unspecified atom stereocenters. The third-order valence-corrected chi connectivity index (χ3v) is 4.54. The minimum atomic E-state index is -0.896. The summed E-state index contributed by atoms with van der Waals surface area (Å²) in [7, 11) is 1.64. The lowest BCUT2D eigenvalue weighted by Gasteiger charge is -2.15. The van der Waals surface area contributed by atoms with E-state index < -0.39 is 5.97 Å². The topological polar surface area (TPSA) is 55.8 Å². The molecule has 4 nitrogen and oxygen atoms in total. The fourth-order valence-corrected chi connectivity index (χ4v) is 3.57. The van der Waals surface area contributed by atoms with E-state index in [1.165, 1.54) is 0 Å². The Morgan fingerprint density at radius 2 is 2.00 bits per heavy atom. The second kappa shape index (κ2) is 8.07. The van der Waals surface area contributed by atoms with E-state index in [-0.39, 0.29) is 12.3 Å². The molecule has 128 valence electrons. The zero-order valence-electron chi connectivity index (χ0n) is 13.6. The molecule has 0 aliphatic rings. The molecule has 0 aromatic heterocycles. The Labute approximate surface area is 159 Å². The number of hydrogen-bond donors (Lipinski definition) is 1. The molecule has 0 spiro atoms. The van der Waals surface area contributed by atoms with Crippen molar-refractivity contribution in [2.45, 2.75) is 26.2 Å². The number of ether oxygens (including phenoxy) is 2. The van der Waals surface area contributed by atoms with Crippen molar-refractivity contribution in [3.8, 4) is 17.2 Å². The summed E-state index contributed by atoms with van der Waals surface area (Å²) in [5, 5.41) is 9.29. The van der Waals surface area contributed by atoms with Gasteiger partial charge in [0.1, 0.15) is 11.5 Å². The number of aliphatic carboxylic acids is 1. The third kappa shape index (κ3) is 4.54. The van der Waals surface area contributed by atoms with Crippen LogP contribution in [0.25, 0.3) is 0 Å². The van der Waals surface area contributed by atoms with Gasteiger partial charge in [-0.3, -0.25) is 4.79 Å². The Morgan fingerprint density at radius 1 is 1.29 bits per heavy atom. The van der Waals surface area contributed by atoms with Crippen molar-refractivity contribution in [2.24, 2.45) is 0 Å². The highest BCUT2D eigenvalue weighted by molar-refractivity contribution is 14.1. The first-order chi connectivity index (χ1) is 11.3. The summed E-state index contributed by atoms with van der Waals surface area (Å²) in [6.07, 6.45) is -0.0734. The number of benzene rings is 2. The highest BCUT2D eigenvalue weighted by Crippen LogP contribution is 2.37. The van der Waals surface area contributed by atoms with Crippen LogP contribution in [0.5, 0.6) is 17.2 Å². The first-order valence-corrected chi connectivity index (χ1v) is 8.83. The molecule has 2 aromatic rings. The van der Waals surface area contributed by atoms with Crippen molar-refractivity contribution in [1.29, 1.82) is 0 Å². The maximum absolute atomic E-state index is 10.8. The predicted molar refractivity (Wildman–Crippen MR) is 103 cm³/mol. The minimum Gasteiger partial charge on any atom is -0.496 e. The quantitative estimate of drug-likeness (QED) is 0.579. The largest absolute Gasteiger partial charge is 0.496 e. The number of carboxylic acids is 1. The zero-order chi connectivity index (χ0) is 17.9. The van der Waals surface area contributed by atoms with Crippen molar-refractivity contribution in [3.05, 3.63) is 50.1 Å². The van der Waals surface area contributed by atoms with Crippen molar-refractivity contribution in [2.75, 3.05) is 7.11 Å². The molecular formula is C18H18ClIO4. The lowest BCUT2D eigenvalue weighted by atomic mass is 10.0. The first kappa shape index (κ1) is 18.9. The van der Waals surface area contributed by atoms with Crippen LogP contribution in [0, 0.1) is 3.57 Å². The van der Waals surface area contributed by atoms with Gasteiger partial charge in [-0.25, -0.2) is 0 Å². The van der Waals surface area contributed by atoms with E-state index in [0.717, 1.165) is 14.9 Å². The van der Waals surface area contributed by atoms with Gasteiger partial charge in [-0.1, -0.05) is 25.4 Å². The van der Waals surface area contributed by atoms with Crippen LogP contribution in [0.4, 0.5) is 0 Å². The van der Waals surface area contributed by atoms with E-state index in [0.29, 0.717) is 22.1 Å². The van der Waals surface area contributed by atoms with Gasteiger partial charge in [0.05, 0.1) is 22.1 Å². The zero-order valence-corrected chi connectivity index (χ0v) is 16.5. The van der Waals surface area contributed by atoms with Crippen LogP contribution >= 0.6 is 34.2 Å². The van der Waals surface area contributed by atoms with Crippen LogP contribution in [-0.4, -0.2) is 18.2 Å². The standard InChI is InChI=1S/C18H18ClIO4/c1-10(2)13-9-12(4-5-16(13)23-3)24-18-14(19)6-11(7-15(18)20)8-17(21)22/h4-7,9-10H,8H2,1-3H3,(H,21,22). The van der Waals surface area contributed by atoms with E-state index >= 15 is 0 Å². The summed E-state index contributed by atoms with van der Waals surface area (Å²) in [6, 6.07) is 9.01. The molecule has 0 heterocycles. The van der Waals surface area contributed by atoms with E-state index in [4.69, 9.17) is 26.2 Å². The van der Waals surface area contributed by atoms with Gasteiger partial charge in [-0.05, 0) is 64.4 Å². The number of methoxy groups -OCH3 is 1. The number of carboxylic acid groups (broad SMARTS) is 1. The van der Waals surface area contributed by atoms with E-state index in [1.54, 1.807) is 19.2 Å². The summed E-state index contributed by atoms with van der Waals surface area (Å²) in [5.74, 6) is 1.38. The van der Waals surface area contributed by atoms with Gasteiger partial charge in [0.15, 0.2) is 5.75 Å². The van der Waals surface area contributed by atoms with Gasteiger partial charge in [0, 0.05) is 5.56 Å². The lowest BCUT2D eigenvalue weighted by Crippen LogP contribution is -2.01. The van der Waals surface area contributed by atoms with Crippen LogP contribution in [0.15, 0.2) is 30.3 Å². The Hall–Kier alpha value is -1.47. The molecule has 0 saturated carbocycles.